The van der Waals surface area contributed by atoms with Crippen molar-refractivity contribution in [1.82, 2.24) is 0 Å². The first kappa shape index (κ1) is 19.8. The number of carbonyl (C=O) groups excluding carboxylic acids is 1. The third-order valence-electron chi connectivity index (χ3n) is 9.70. The Kier molecular flexibility index (Phi) is 5.22. The fourth-order valence-corrected chi connectivity index (χ4v) is 7.91. The van der Waals surface area contributed by atoms with Crippen LogP contribution in [0.25, 0.3) is 0 Å². The second-order valence-electron chi connectivity index (χ2n) is 10.5. The number of hydrogen-bond donors (Lipinski definition) is 2. The van der Waals surface area contributed by atoms with E-state index in [0.717, 1.165) is 57.7 Å². The van der Waals surface area contributed by atoms with Crippen LogP contribution in [0.15, 0.2) is 0 Å². The Hall–Kier alpha value is -0.450. The molecule has 154 valence electrons. The fraction of sp³-hybridized carbons (Fsp3) is 0.957. The number of aliphatic hydroxyl groups is 2. The largest absolute Gasteiger partial charge is 0.396 e. The Morgan fingerprint density at radius 1 is 1.04 bits per heavy atom. The zero-order valence-electron chi connectivity index (χ0n) is 17.2. The Bertz CT molecular complexity index is 565. The van der Waals surface area contributed by atoms with E-state index in [0.29, 0.717) is 35.9 Å². The number of aldehydes is 1. The quantitative estimate of drug-likeness (QED) is 0.565. The van der Waals surface area contributed by atoms with Gasteiger partial charge in [-0.25, -0.2) is 0 Å². The molecule has 0 aliphatic heterocycles. The van der Waals surface area contributed by atoms with Crippen LogP contribution in [-0.2, 0) is 9.53 Å². The molecule has 4 nitrogen and oxygen atoms in total. The van der Waals surface area contributed by atoms with Crippen LogP contribution in [-0.4, -0.2) is 41.4 Å². The van der Waals surface area contributed by atoms with Crippen LogP contribution in [0.1, 0.15) is 78.1 Å². The van der Waals surface area contributed by atoms with Gasteiger partial charge in [-0.15, -0.1) is 0 Å². The molecule has 4 rings (SSSR count). The molecule has 0 aromatic rings. The standard InChI is InChI=1S/C23H38O4/c1-21-9-7-18(27-13-3-12-24)14-16(21)4-5-20-19(21)8-10-22(2)17(15-25)6-11-23(20,22)26/h15-20,24,26H,3-14H2,1-2H3/t16-,17-,18+,19+,20-,21+,22-,23+/m1/s1. The number of ether oxygens (including phenoxy) is 1. The number of carbonyl (C=O) groups is 1. The van der Waals surface area contributed by atoms with Crippen molar-refractivity contribution >= 4 is 6.29 Å². The molecule has 0 radical (unpaired) electrons. The minimum absolute atomic E-state index is 0.0321. The molecular weight excluding hydrogens is 340 g/mol. The second-order valence-corrected chi connectivity index (χ2v) is 10.5. The van der Waals surface area contributed by atoms with E-state index in [-0.39, 0.29) is 17.9 Å². The summed E-state index contributed by atoms with van der Waals surface area (Å²) >= 11 is 0. The van der Waals surface area contributed by atoms with Crippen LogP contribution in [0.3, 0.4) is 0 Å². The van der Waals surface area contributed by atoms with E-state index in [1.807, 2.05) is 0 Å². The van der Waals surface area contributed by atoms with Crippen molar-refractivity contribution in [2.24, 2.45) is 34.5 Å². The zero-order valence-corrected chi connectivity index (χ0v) is 17.2. The third-order valence-corrected chi connectivity index (χ3v) is 9.70. The number of rotatable bonds is 5. The van der Waals surface area contributed by atoms with Gasteiger partial charge in [0.25, 0.3) is 0 Å². The van der Waals surface area contributed by atoms with E-state index in [9.17, 15) is 9.90 Å². The molecule has 4 saturated carbocycles. The average molecular weight is 379 g/mol. The van der Waals surface area contributed by atoms with Crippen LogP contribution in [0, 0.1) is 34.5 Å². The summed E-state index contributed by atoms with van der Waals surface area (Å²) < 4.78 is 6.04. The molecule has 0 bridgehead atoms. The molecular formula is C23H38O4. The van der Waals surface area contributed by atoms with Gasteiger partial charge in [0.2, 0.25) is 0 Å². The molecule has 4 aliphatic rings. The van der Waals surface area contributed by atoms with Gasteiger partial charge in [0.15, 0.2) is 0 Å². The van der Waals surface area contributed by atoms with Crippen molar-refractivity contribution in [2.75, 3.05) is 13.2 Å². The van der Waals surface area contributed by atoms with Gasteiger partial charge in [-0.3, -0.25) is 0 Å². The van der Waals surface area contributed by atoms with E-state index in [4.69, 9.17) is 9.84 Å². The van der Waals surface area contributed by atoms with Gasteiger partial charge in [0, 0.05) is 24.5 Å². The van der Waals surface area contributed by atoms with Gasteiger partial charge in [-0.2, -0.15) is 0 Å². The van der Waals surface area contributed by atoms with E-state index in [1.165, 1.54) is 12.8 Å². The first-order valence-corrected chi connectivity index (χ1v) is 11.3. The van der Waals surface area contributed by atoms with Crippen LogP contribution < -0.4 is 0 Å². The molecule has 4 fully saturated rings. The molecule has 4 aliphatic carbocycles. The molecule has 0 spiro atoms. The lowest BCUT2D eigenvalue weighted by Crippen LogP contribution is -2.62. The number of aliphatic hydroxyl groups excluding tert-OH is 1. The maximum Gasteiger partial charge on any atom is 0.123 e. The molecule has 4 heteroatoms. The Morgan fingerprint density at radius 2 is 1.85 bits per heavy atom. The molecule has 0 heterocycles. The predicted octanol–water partition coefficient (Wildman–Crippen LogP) is 3.73. The fourth-order valence-electron chi connectivity index (χ4n) is 7.91. The lowest BCUT2D eigenvalue weighted by molar-refractivity contribution is -0.210. The summed E-state index contributed by atoms with van der Waals surface area (Å²) in [5.74, 6) is 1.65. The van der Waals surface area contributed by atoms with E-state index < -0.39 is 5.60 Å². The highest BCUT2D eigenvalue weighted by Crippen LogP contribution is 2.68. The van der Waals surface area contributed by atoms with Crippen molar-refractivity contribution < 1.29 is 19.7 Å². The number of hydrogen-bond acceptors (Lipinski definition) is 4. The number of fused-ring (bicyclic) bond motifs is 5. The summed E-state index contributed by atoms with van der Waals surface area (Å²) in [6, 6.07) is 0. The monoisotopic (exact) mass is 378 g/mol. The Balaban J connectivity index is 1.51. The SMILES string of the molecule is C[C@]12CC[C@H](OCCCO)C[C@H]1CC[C@@H]1[C@@H]2CC[C@]2(C)[C@@H](C=O)CC[C@]12O. The van der Waals surface area contributed by atoms with Crippen molar-refractivity contribution in [3.8, 4) is 0 Å². The van der Waals surface area contributed by atoms with E-state index >= 15 is 0 Å². The Morgan fingerprint density at radius 3 is 2.59 bits per heavy atom. The highest BCUT2D eigenvalue weighted by Gasteiger charge is 2.67. The maximum atomic E-state index is 11.9. The Labute approximate surface area is 164 Å². The summed E-state index contributed by atoms with van der Waals surface area (Å²) in [6.45, 7) is 5.55. The van der Waals surface area contributed by atoms with Gasteiger partial charge in [0.05, 0.1) is 11.7 Å². The van der Waals surface area contributed by atoms with Crippen molar-refractivity contribution in [2.45, 2.75) is 89.8 Å². The second kappa shape index (κ2) is 7.11. The van der Waals surface area contributed by atoms with Gasteiger partial charge >= 0.3 is 0 Å². The smallest absolute Gasteiger partial charge is 0.123 e. The van der Waals surface area contributed by atoms with Gasteiger partial charge in [-0.1, -0.05) is 13.8 Å². The minimum Gasteiger partial charge on any atom is -0.396 e. The molecule has 0 aromatic heterocycles. The van der Waals surface area contributed by atoms with Crippen LogP contribution in [0.4, 0.5) is 0 Å². The minimum atomic E-state index is -0.649. The third kappa shape index (κ3) is 2.85. The molecule has 0 unspecified atom stereocenters. The zero-order chi connectivity index (χ0) is 19.3. The summed E-state index contributed by atoms with van der Waals surface area (Å²) in [5, 5.41) is 20.8. The normalized spacial score (nSPS) is 51.9. The summed E-state index contributed by atoms with van der Waals surface area (Å²) in [4.78, 5) is 11.7. The van der Waals surface area contributed by atoms with E-state index in [2.05, 4.69) is 13.8 Å². The lowest BCUT2D eigenvalue weighted by Gasteiger charge is -2.63. The molecule has 0 aromatic carbocycles. The molecule has 0 saturated heterocycles. The van der Waals surface area contributed by atoms with Crippen LogP contribution >= 0.6 is 0 Å². The summed E-state index contributed by atoms with van der Waals surface area (Å²) in [6.07, 6.45) is 11.7. The first-order chi connectivity index (χ1) is 12.9. The highest BCUT2D eigenvalue weighted by atomic mass is 16.5. The van der Waals surface area contributed by atoms with Crippen LogP contribution in [0.5, 0.6) is 0 Å². The van der Waals surface area contributed by atoms with Crippen molar-refractivity contribution in [1.29, 1.82) is 0 Å². The molecule has 8 atom stereocenters. The molecule has 0 amide bonds. The predicted molar refractivity (Wildman–Crippen MR) is 104 cm³/mol. The molecule has 2 N–H and O–H groups in total. The van der Waals surface area contributed by atoms with Gasteiger partial charge in [-0.05, 0) is 87.4 Å². The first-order valence-electron chi connectivity index (χ1n) is 11.3. The molecule has 27 heavy (non-hydrogen) atoms. The van der Waals surface area contributed by atoms with Crippen molar-refractivity contribution in [3.05, 3.63) is 0 Å². The maximum absolute atomic E-state index is 11.9. The summed E-state index contributed by atoms with van der Waals surface area (Å²) in [5.41, 5.74) is -0.566. The highest BCUT2D eigenvalue weighted by molar-refractivity contribution is 5.57. The van der Waals surface area contributed by atoms with Gasteiger partial charge in [0.1, 0.15) is 6.29 Å². The topological polar surface area (TPSA) is 66.8 Å². The summed E-state index contributed by atoms with van der Waals surface area (Å²) in [7, 11) is 0. The lowest BCUT2D eigenvalue weighted by atomic mass is 9.43. The average Bonchev–Trinajstić information content (AvgIpc) is 2.93. The van der Waals surface area contributed by atoms with E-state index in [1.54, 1.807) is 0 Å². The van der Waals surface area contributed by atoms with Crippen LogP contribution in [0.2, 0.25) is 0 Å². The van der Waals surface area contributed by atoms with Crippen molar-refractivity contribution in [3.63, 3.8) is 0 Å². The van der Waals surface area contributed by atoms with Gasteiger partial charge < -0.3 is 19.7 Å².